The molecule has 0 aliphatic carbocycles. The van der Waals surface area contributed by atoms with E-state index in [4.69, 9.17) is 10.5 Å². The smallest absolute Gasteiger partial charge is 0.141 e. The quantitative estimate of drug-likeness (QED) is 0.942. The Labute approximate surface area is 129 Å². The molecule has 0 bridgehead atoms. The minimum Gasteiger partial charge on any atom is -0.381 e. The van der Waals surface area contributed by atoms with Gasteiger partial charge in [-0.2, -0.15) is 0 Å². The van der Waals surface area contributed by atoms with Crippen molar-refractivity contribution in [1.29, 1.82) is 0 Å². The number of thiophene rings is 1. The zero-order valence-electron chi connectivity index (χ0n) is 12.8. The number of hydrogen-bond acceptors (Lipinski definition) is 6. The van der Waals surface area contributed by atoms with Crippen molar-refractivity contribution in [3.05, 3.63) is 16.8 Å². The predicted octanol–water partition coefficient (Wildman–Crippen LogP) is 2.25. The molecule has 0 aromatic carbocycles. The summed E-state index contributed by atoms with van der Waals surface area (Å²) < 4.78 is 5.51. The second-order valence-corrected chi connectivity index (χ2v) is 6.83. The number of nitrogens with zero attached hydrogens (tertiary/aromatic N) is 3. The first-order valence-electron chi connectivity index (χ1n) is 7.36. The summed E-state index contributed by atoms with van der Waals surface area (Å²) in [6.07, 6.45) is 3.95. The number of methoxy groups -OCH3 is 1. The van der Waals surface area contributed by atoms with Crippen molar-refractivity contribution in [1.82, 2.24) is 9.97 Å². The molecule has 6 heteroatoms. The summed E-state index contributed by atoms with van der Waals surface area (Å²) in [5.74, 6) is 1.03. The lowest BCUT2D eigenvalue weighted by Gasteiger charge is -2.39. The van der Waals surface area contributed by atoms with Crippen LogP contribution in [0.4, 0.5) is 5.82 Å². The summed E-state index contributed by atoms with van der Waals surface area (Å²) in [6.45, 7) is 5.85. The summed E-state index contributed by atoms with van der Waals surface area (Å²) in [7, 11) is 1.78. The number of aromatic nitrogens is 2. The Morgan fingerprint density at radius 1 is 1.43 bits per heavy atom. The normalized spacial score (nSPS) is 23.0. The van der Waals surface area contributed by atoms with Gasteiger partial charge in [0, 0.05) is 31.1 Å². The van der Waals surface area contributed by atoms with Crippen LogP contribution < -0.4 is 10.6 Å². The number of hydrogen-bond donors (Lipinski definition) is 1. The maximum Gasteiger partial charge on any atom is 0.141 e. The number of piperidine rings is 1. The Kier molecular flexibility index (Phi) is 4.10. The molecule has 0 spiro atoms. The van der Waals surface area contributed by atoms with E-state index >= 15 is 0 Å². The standard InChI is InChI=1S/C15H22N4OS/c1-9-10(2)21-15-13(9)14(17-8-18-15)19-5-4-12(20-3)6-11(19)7-16/h8,11-12H,4-7,16H2,1-3H3. The molecule has 1 aliphatic rings. The highest BCUT2D eigenvalue weighted by Crippen LogP contribution is 2.36. The summed E-state index contributed by atoms with van der Waals surface area (Å²) in [6, 6.07) is 0.279. The zero-order chi connectivity index (χ0) is 15.0. The van der Waals surface area contributed by atoms with E-state index in [0.29, 0.717) is 12.6 Å². The van der Waals surface area contributed by atoms with Crippen LogP contribution >= 0.6 is 11.3 Å². The molecule has 2 atom stereocenters. The van der Waals surface area contributed by atoms with Gasteiger partial charge in [-0.1, -0.05) is 0 Å². The van der Waals surface area contributed by atoms with Crippen LogP contribution in [0.3, 0.4) is 0 Å². The van der Waals surface area contributed by atoms with E-state index in [0.717, 1.165) is 30.0 Å². The van der Waals surface area contributed by atoms with Crippen molar-refractivity contribution in [2.45, 2.75) is 38.8 Å². The molecule has 1 fully saturated rings. The minimum absolute atomic E-state index is 0.279. The Hall–Kier alpha value is -1.24. The number of rotatable bonds is 3. The molecule has 1 saturated heterocycles. The highest BCUT2D eigenvalue weighted by molar-refractivity contribution is 7.18. The van der Waals surface area contributed by atoms with E-state index in [9.17, 15) is 0 Å². The van der Waals surface area contributed by atoms with Gasteiger partial charge in [-0.05, 0) is 32.3 Å². The second-order valence-electron chi connectivity index (χ2n) is 5.63. The lowest BCUT2D eigenvalue weighted by atomic mass is 9.98. The molecule has 21 heavy (non-hydrogen) atoms. The molecule has 2 N–H and O–H groups in total. The van der Waals surface area contributed by atoms with E-state index in [-0.39, 0.29) is 6.04 Å². The molecule has 2 aromatic heterocycles. The largest absolute Gasteiger partial charge is 0.381 e. The molecule has 0 saturated carbocycles. The zero-order valence-corrected chi connectivity index (χ0v) is 13.6. The molecular weight excluding hydrogens is 284 g/mol. The second kappa shape index (κ2) is 5.87. The van der Waals surface area contributed by atoms with Crippen molar-refractivity contribution in [2.75, 3.05) is 25.1 Å². The molecular formula is C15H22N4OS. The molecule has 3 heterocycles. The van der Waals surface area contributed by atoms with E-state index in [1.165, 1.54) is 15.8 Å². The maximum atomic E-state index is 6.00. The van der Waals surface area contributed by atoms with Gasteiger partial charge in [-0.25, -0.2) is 9.97 Å². The molecule has 0 amide bonds. The fourth-order valence-electron chi connectivity index (χ4n) is 3.11. The van der Waals surface area contributed by atoms with Crippen molar-refractivity contribution in [3.63, 3.8) is 0 Å². The van der Waals surface area contributed by atoms with Crippen molar-refractivity contribution >= 4 is 27.4 Å². The lowest BCUT2D eigenvalue weighted by Crippen LogP contribution is -2.49. The van der Waals surface area contributed by atoms with Crippen LogP contribution in [-0.4, -0.2) is 42.3 Å². The molecule has 1 aliphatic heterocycles. The van der Waals surface area contributed by atoms with Gasteiger partial charge in [-0.3, -0.25) is 0 Å². The fourth-order valence-corrected chi connectivity index (χ4v) is 4.10. The van der Waals surface area contributed by atoms with E-state index in [1.807, 2.05) is 0 Å². The lowest BCUT2D eigenvalue weighted by molar-refractivity contribution is 0.0708. The van der Waals surface area contributed by atoms with Gasteiger partial charge in [0.15, 0.2) is 0 Å². The number of fused-ring (bicyclic) bond motifs is 1. The van der Waals surface area contributed by atoms with Gasteiger partial charge in [0.05, 0.1) is 11.5 Å². The maximum absolute atomic E-state index is 6.00. The van der Waals surface area contributed by atoms with Crippen LogP contribution in [0.25, 0.3) is 10.2 Å². The molecule has 3 rings (SSSR count). The van der Waals surface area contributed by atoms with Gasteiger partial charge in [0.1, 0.15) is 17.0 Å². The first-order chi connectivity index (χ1) is 10.2. The van der Waals surface area contributed by atoms with Crippen LogP contribution in [0.2, 0.25) is 0 Å². The van der Waals surface area contributed by atoms with E-state index in [2.05, 4.69) is 28.7 Å². The van der Waals surface area contributed by atoms with Crippen LogP contribution in [-0.2, 0) is 4.74 Å². The predicted molar refractivity (Wildman–Crippen MR) is 87.1 cm³/mol. The molecule has 0 radical (unpaired) electrons. The third-order valence-electron chi connectivity index (χ3n) is 4.49. The molecule has 2 unspecified atom stereocenters. The third-order valence-corrected chi connectivity index (χ3v) is 5.61. The Bertz CT molecular complexity index is 642. The minimum atomic E-state index is 0.279. The number of aryl methyl sites for hydroxylation is 2. The van der Waals surface area contributed by atoms with Crippen LogP contribution in [0.5, 0.6) is 0 Å². The van der Waals surface area contributed by atoms with E-state index < -0.39 is 0 Å². The number of anilines is 1. The average Bonchev–Trinajstić information content (AvgIpc) is 2.81. The summed E-state index contributed by atoms with van der Waals surface area (Å²) >= 11 is 1.74. The van der Waals surface area contributed by atoms with Gasteiger partial charge >= 0.3 is 0 Å². The summed E-state index contributed by atoms with van der Waals surface area (Å²) in [5, 5.41) is 1.19. The highest BCUT2D eigenvalue weighted by atomic mass is 32.1. The monoisotopic (exact) mass is 306 g/mol. The summed E-state index contributed by atoms with van der Waals surface area (Å²) in [5.41, 5.74) is 7.28. The Balaban J connectivity index is 2.03. The van der Waals surface area contributed by atoms with Crippen molar-refractivity contribution in [3.8, 4) is 0 Å². The first kappa shape index (κ1) is 14.7. The van der Waals surface area contributed by atoms with Crippen LogP contribution in [0.15, 0.2) is 6.33 Å². The van der Waals surface area contributed by atoms with Gasteiger partial charge in [-0.15, -0.1) is 11.3 Å². The topological polar surface area (TPSA) is 64.3 Å². The van der Waals surface area contributed by atoms with Gasteiger partial charge in [0.2, 0.25) is 0 Å². The van der Waals surface area contributed by atoms with Crippen LogP contribution in [0, 0.1) is 13.8 Å². The summed E-state index contributed by atoms with van der Waals surface area (Å²) in [4.78, 5) is 13.7. The highest BCUT2D eigenvalue weighted by Gasteiger charge is 2.30. The van der Waals surface area contributed by atoms with E-state index in [1.54, 1.807) is 24.8 Å². The number of ether oxygens (including phenoxy) is 1. The average molecular weight is 306 g/mol. The molecule has 5 nitrogen and oxygen atoms in total. The van der Waals surface area contributed by atoms with Gasteiger partial charge < -0.3 is 15.4 Å². The Morgan fingerprint density at radius 3 is 2.95 bits per heavy atom. The molecule has 114 valence electrons. The van der Waals surface area contributed by atoms with Crippen molar-refractivity contribution in [2.24, 2.45) is 5.73 Å². The third kappa shape index (κ3) is 2.52. The van der Waals surface area contributed by atoms with Gasteiger partial charge in [0.25, 0.3) is 0 Å². The fraction of sp³-hybridized carbons (Fsp3) is 0.600. The Morgan fingerprint density at radius 2 is 2.24 bits per heavy atom. The van der Waals surface area contributed by atoms with Crippen LogP contribution in [0.1, 0.15) is 23.3 Å². The molecule has 2 aromatic rings. The number of nitrogens with two attached hydrogens (primary N) is 1. The first-order valence-corrected chi connectivity index (χ1v) is 8.17. The van der Waals surface area contributed by atoms with Crippen molar-refractivity contribution < 1.29 is 4.74 Å². The SMILES string of the molecule is COC1CCN(c2ncnc3sc(C)c(C)c23)C(CN)C1.